The minimum atomic E-state index is 0.748. The minimum Gasteiger partial charge on any atom is -0.469 e. The fourth-order valence-electron chi connectivity index (χ4n) is 2.23. The van der Waals surface area contributed by atoms with Crippen LogP contribution in [0, 0.1) is 6.92 Å². The topological polar surface area (TPSA) is 57.0 Å². The Labute approximate surface area is 105 Å². The molecular formula is C14H15N3O. The maximum Gasteiger partial charge on any atom is 0.106 e. The van der Waals surface area contributed by atoms with E-state index in [1.807, 2.05) is 37.3 Å². The second-order valence-corrected chi connectivity index (χ2v) is 4.39. The van der Waals surface area contributed by atoms with Gasteiger partial charge < -0.3 is 14.7 Å². The smallest absolute Gasteiger partial charge is 0.106 e. The van der Waals surface area contributed by atoms with Gasteiger partial charge in [-0.05, 0) is 37.3 Å². The Balaban J connectivity index is 1.93. The number of nitrogens with two attached hydrogens (primary N) is 1. The molecule has 0 amide bonds. The number of nitrogen functional groups attached to an aromatic ring is 1. The molecule has 4 heteroatoms. The molecule has 0 aliphatic carbocycles. The number of nitrogens with zero attached hydrogens (tertiary/aromatic N) is 2. The van der Waals surface area contributed by atoms with Crippen LogP contribution in [0.15, 0.2) is 41.0 Å². The zero-order valence-corrected chi connectivity index (χ0v) is 10.3. The van der Waals surface area contributed by atoms with Gasteiger partial charge in [-0.2, -0.15) is 0 Å². The summed E-state index contributed by atoms with van der Waals surface area (Å²) in [6.07, 6.45) is 2.57. The van der Waals surface area contributed by atoms with Crippen molar-refractivity contribution in [3.8, 4) is 0 Å². The normalized spacial score (nSPS) is 11.2. The highest BCUT2D eigenvalue weighted by Crippen LogP contribution is 2.19. The van der Waals surface area contributed by atoms with Crippen LogP contribution in [-0.2, 0) is 13.0 Å². The second-order valence-electron chi connectivity index (χ2n) is 4.39. The van der Waals surface area contributed by atoms with Crippen LogP contribution in [0.5, 0.6) is 0 Å². The maximum atomic E-state index is 5.77. The first-order chi connectivity index (χ1) is 8.74. The third-order valence-electron chi connectivity index (χ3n) is 3.13. The summed E-state index contributed by atoms with van der Waals surface area (Å²) >= 11 is 0. The fraction of sp³-hybridized carbons (Fsp3) is 0.214. The van der Waals surface area contributed by atoms with E-state index in [0.717, 1.165) is 41.3 Å². The summed E-state index contributed by atoms with van der Waals surface area (Å²) in [7, 11) is 0. The van der Waals surface area contributed by atoms with Gasteiger partial charge in [-0.1, -0.05) is 0 Å². The van der Waals surface area contributed by atoms with Gasteiger partial charge in [0.05, 0.1) is 17.3 Å². The van der Waals surface area contributed by atoms with E-state index in [2.05, 4.69) is 9.55 Å². The number of benzene rings is 1. The molecule has 92 valence electrons. The van der Waals surface area contributed by atoms with Crippen LogP contribution in [0.3, 0.4) is 0 Å². The predicted molar refractivity (Wildman–Crippen MR) is 71.3 cm³/mol. The van der Waals surface area contributed by atoms with E-state index in [9.17, 15) is 0 Å². The van der Waals surface area contributed by atoms with Gasteiger partial charge in [0.25, 0.3) is 0 Å². The zero-order valence-electron chi connectivity index (χ0n) is 10.3. The molecule has 0 aliphatic rings. The third kappa shape index (κ3) is 1.86. The Kier molecular flexibility index (Phi) is 2.55. The molecule has 0 saturated carbocycles. The molecule has 4 nitrogen and oxygen atoms in total. The molecular weight excluding hydrogens is 226 g/mol. The van der Waals surface area contributed by atoms with Crippen LogP contribution in [-0.4, -0.2) is 9.55 Å². The highest BCUT2D eigenvalue weighted by molar-refractivity contribution is 5.79. The van der Waals surface area contributed by atoms with E-state index in [-0.39, 0.29) is 0 Å². The van der Waals surface area contributed by atoms with Crippen molar-refractivity contribution in [2.24, 2.45) is 0 Å². The number of fused-ring (bicyclic) bond motifs is 1. The molecule has 2 N–H and O–H groups in total. The van der Waals surface area contributed by atoms with E-state index >= 15 is 0 Å². The summed E-state index contributed by atoms with van der Waals surface area (Å²) in [4.78, 5) is 4.53. The van der Waals surface area contributed by atoms with Crippen molar-refractivity contribution in [1.29, 1.82) is 0 Å². The number of imidazole rings is 1. The quantitative estimate of drug-likeness (QED) is 0.717. The molecule has 0 saturated heterocycles. The lowest BCUT2D eigenvalue weighted by Crippen LogP contribution is -2.02. The molecule has 0 unspecified atom stereocenters. The number of furan rings is 1. The van der Waals surface area contributed by atoms with Crippen molar-refractivity contribution in [1.82, 2.24) is 9.55 Å². The van der Waals surface area contributed by atoms with E-state index in [0.29, 0.717) is 0 Å². The first kappa shape index (κ1) is 10.9. The summed E-state index contributed by atoms with van der Waals surface area (Å²) in [5.41, 5.74) is 8.59. The molecule has 0 fully saturated rings. The van der Waals surface area contributed by atoms with Gasteiger partial charge in [0, 0.05) is 18.7 Å². The van der Waals surface area contributed by atoms with E-state index in [1.54, 1.807) is 6.26 Å². The molecule has 1 aromatic carbocycles. The molecule has 3 rings (SSSR count). The minimum absolute atomic E-state index is 0.748. The lowest BCUT2D eigenvalue weighted by molar-refractivity contribution is 0.491. The van der Waals surface area contributed by atoms with Crippen LogP contribution in [0.2, 0.25) is 0 Å². The zero-order chi connectivity index (χ0) is 12.5. The van der Waals surface area contributed by atoms with Crippen molar-refractivity contribution >= 4 is 16.7 Å². The van der Waals surface area contributed by atoms with Gasteiger partial charge in [0.15, 0.2) is 0 Å². The second kappa shape index (κ2) is 4.22. The average Bonchev–Trinajstić information content (AvgIpc) is 2.93. The number of aryl methyl sites for hydroxylation is 3. The molecule has 18 heavy (non-hydrogen) atoms. The summed E-state index contributed by atoms with van der Waals surface area (Å²) < 4.78 is 7.54. The molecule has 0 aliphatic heterocycles. The SMILES string of the molecule is Cc1nc2cc(N)ccc2n1CCc1ccco1. The third-order valence-corrected chi connectivity index (χ3v) is 3.13. The first-order valence-electron chi connectivity index (χ1n) is 5.99. The number of hydrogen-bond acceptors (Lipinski definition) is 3. The number of anilines is 1. The number of hydrogen-bond donors (Lipinski definition) is 1. The largest absolute Gasteiger partial charge is 0.469 e. The van der Waals surface area contributed by atoms with Gasteiger partial charge in [0.2, 0.25) is 0 Å². The van der Waals surface area contributed by atoms with Crippen molar-refractivity contribution in [2.75, 3.05) is 5.73 Å². The van der Waals surface area contributed by atoms with Crippen molar-refractivity contribution in [3.05, 3.63) is 48.2 Å². The van der Waals surface area contributed by atoms with E-state index < -0.39 is 0 Å². The van der Waals surface area contributed by atoms with Gasteiger partial charge in [0.1, 0.15) is 11.6 Å². The van der Waals surface area contributed by atoms with Crippen LogP contribution in [0.1, 0.15) is 11.6 Å². The standard InChI is InChI=1S/C14H15N3O/c1-10-16-13-9-11(15)4-5-14(13)17(10)7-6-12-3-2-8-18-12/h2-5,8-9H,6-7,15H2,1H3. The maximum absolute atomic E-state index is 5.77. The van der Waals surface area contributed by atoms with Gasteiger partial charge in [-0.25, -0.2) is 4.98 Å². The molecule has 3 aromatic rings. The lowest BCUT2D eigenvalue weighted by Gasteiger charge is -2.05. The van der Waals surface area contributed by atoms with E-state index in [1.165, 1.54) is 0 Å². The Morgan fingerprint density at radius 3 is 3.00 bits per heavy atom. The molecule has 0 bridgehead atoms. The number of aromatic nitrogens is 2. The highest BCUT2D eigenvalue weighted by atomic mass is 16.3. The van der Waals surface area contributed by atoms with Crippen molar-refractivity contribution in [3.63, 3.8) is 0 Å². The Morgan fingerprint density at radius 1 is 1.33 bits per heavy atom. The van der Waals surface area contributed by atoms with Gasteiger partial charge >= 0.3 is 0 Å². The summed E-state index contributed by atoms with van der Waals surface area (Å²) in [5, 5.41) is 0. The van der Waals surface area contributed by atoms with Crippen LogP contribution < -0.4 is 5.73 Å². The first-order valence-corrected chi connectivity index (χ1v) is 5.99. The van der Waals surface area contributed by atoms with Crippen LogP contribution >= 0.6 is 0 Å². The fourth-order valence-corrected chi connectivity index (χ4v) is 2.23. The molecule has 0 radical (unpaired) electrons. The number of rotatable bonds is 3. The molecule has 2 heterocycles. The molecule has 2 aromatic heterocycles. The molecule has 0 atom stereocenters. The molecule has 0 spiro atoms. The van der Waals surface area contributed by atoms with Crippen molar-refractivity contribution < 1.29 is 4.42 Å². The van der Waals surface area contributed by atoms with Crippen LogP contribution in [0.4, 0.5) is 5.69 Å². The summed E-state index contributed by atoms with van der Waals surface area (Å²) in [5.74, 6) is 1.99. The lowest BCUT2D eigenvalue weighted by atomic mass is 10.2. The Morgan fingerprint density at radius 2 is 2.22 bits per heavy atom. The highest BCUT2D eigenvalue weighted by Gasteiger charge is 2.08. The average molecular weight is 241 g/mol. The summed E-state index contributed by atoms with van der Waals surface area (Å²) in [6.45, 7) is 2.87. The summed E-state index contributed by atoms with van der Waals surface area (Å²) in [6, 6.07) is 9.74. The van der Waals surface area contributed by atoms with Gasteiger partial charge in [-0.15, -0.1) is 0 Å². The Bertz CT molecular complexity index is 668. The van der Waals surface area contributed by atoms with Gasteiger partial charge in [-0.3, -0.25) is 0 Å². The van der Waals surface area contributed by atoms with Crippen molar-refractivity contribution in [2.45, 2.75) is 19.9 Å². The monoisotopic (exact) mass is 241 g/mol. The van der Waals surface area contributed by atoms with E-state index in [4.69, 9.17) is 10.2 Å². The Hall–Kier alpha value is -2.23. The van der Waals surface area contributed by atoms with Crippen LogP contribution in [0.25, 0.3) is 11.0 Å². The predicted octanol–water partition coefficient (Wildman–Crippen LogP) is 2.76.